The average Bonchev–Trinajstić information content (AvgIpc) is 3.06. The molecule has 1 aromatic rings. The summed E-state index contributed by atoms with van der Waals surface area (Å²) < 4.78 is 5.63. The highest BCUT2D eigenvalue weighted by Crippen LogP contribution is 2.64. The minimum atomic E-state index is -0.441. The topological polar surface area (TPSA) is 62.4 Å². The Labute approximate surface area is 138 Å². The zero-order valence-electron chi connectivity index (χ0n) is 14.4. The lowest BCUT2D eigenvalue weighted by Crippen LogP contribution is -2.48. The Hall–Kier alpha value is -0.940. The number of nitrogens with zero attached hydrogens (tertiary/aromatic N) is 3. The second kappa shape index (κ2) is 5.55. The summed E-state index contributed by atoms with van der Waals surface area (Å²) in [4.78, 5) is 2.48. The van der Waals surface area contributed by atoms with Crippen molar-refractivity contribution in [2.75, 3.05) is 19.6 Å². The molecule has 1 aromatic heterocycles. The van der Waals surface area contributed by atoms with Gasteiger partial charge < -0.3 is 14.4 Å². The maximum Gasteiger partial charge on any atom is 0.220 e. The first kappa shape index (κ1) is 15.6. The third-order valence-corrected chi connectivity index (χ3v) is 6.60. The van der Waals surface area contributed by atoms with Crippen LogP contribution in [0, 0.1) is 18.3 Å². The first-order valence-corrected chi connectivity index (χ1v) is 9.23. The van der Waals surface area contributed by atoms with Crippen LogP contribution < -0.4 is 0 Å². The van der Waals surface area contributed by atoms with E-state index in [2.05, 4.69) is 22.0 Å². The van der Waals surface area contributed by atoms with E-state index in [0.29, 0.717) is 17.2 Å². The molecule has 2 aliphatic carbocycles. The highest BCUT2D eigenvalue weighted by atomic mass is 16.4. The fourth-order valence-corrected chi connectivity index (χ4v) is 4.73. The normalized spacial score (nSPS) is 37.2. The molecule has 5 nitrogen and oxygen atoms in total. The molecule has 128 valence electrons. The largest absolute Gasteiger partial charge is 0.425 e. The van der Waals surface area contributed by atoms with Gasteiger partial charge in [0.25, 0.3) is 0 Å². The molecule has 3 fully saturated rings. The van der Waals surface area contributed by atoms with Gasteiger partial charge >= 0.3 is 0 Å². The van der Waals surface area contributed by atoms with E-state index in [9.17, 15) is 5.11 Å². The van der Waals surface area contributed by atoms with E-state index in [4.69, 9.17) is 4.42 Å². The number of rotatable bonds is 3. The van der Waals surface area contributed by atoms with Crippen molar-refractivity contribution in [2.45, 2.75) is 70.3 Å². The summed E-state index contributed by atoms with van der Waals surface area (Å²) in [6.45, 7) is 7.22. The first-order valence-electron chi connectivity index (χ1n) is 9.23. The standard InChI is InChI=1S/C18H29N3O2/c1-13-3-5-18(22,6-4-13)12-21-9-7-17(8-10-21)11-15(17)16-20-19-14(2)23-16/h13,15,22H,3-12H2,1-2H3. The summed E-state index contributed by atoms with van der Waals surface area (Å²) in [6, 6.07) is 0. The van der Waals surface area contributed by atoms with E-state index < -0.39 is 5.60 Å². The van der Waals surface area contributed by atoms with E-state index >= 15 is 0 Å². The maximum atomic E-state index is 10.8. The summed E-state index contributed by atoms with van der Waals surface area (Å²) in [7, 11) is 0. The Morgan fingerprint density at radius 2 is 1.87 bits per heavy atom. The molecule has 0 radical (unpaired) electrons. The van der Waals surface area contributed by atoms with E-state index in [1.165, 1.54) is 32.1 Å². The quantitative estimate of drug-likeness (QED) is 0.928. The molecule has 23 heavy (non-hydrogen) atoms. The van der Waals surface area contributed by atoms with Gasteiger partial charge in [0.15, 0.2) is 0 Å². The average molecular weight is 319 g/mol. The smallest absolute Gasteiger partial charge is 0.220 e. The molecule has 1 atom stereocenters. The molecule has 2 heterocycles. The van der Waals surface area contributed by atoms with Crippen LogP contribution in [0.5, 0.6) is 0 Å². The first-order chi connectivity index (χ1) is 11.0. The number of likely N-dealkylation sites (tertiary alicyclic amines) is 1. The summed E-state index contributed by atoms with van der Waals surface area (Å²) >= 11 is 0. The Kier molecular flexibility index (Phi) is 3.76. The number of aromatic nitrogens is 2. The predicted octanol–water partition coefficient (Wildman–Crippen LogP) is 2.89. The van der Waals surface area contributed by atoms with Gasteiger partial charge in [0, 0.05) is 19.4 Å². The Bertz CT molecular complexity index is 554. The van der Waals surface area contributed by atoms with Crippen LogP contribution in [0.2, 0.25) is 0 Å². The molecule has 0 aromatic carbocycles. The van der Waals surface area contributed by atoms with Crippen LogP contribution in [0.3, 0.4) is 0 Å². The van der Waals surface area contributed by atoms with Gasteiger partial charge in [0.2, 0.25) is 11.8 Å². The zero-order valence-corrected chi connectivity index (χ0v) is 14.4. The van der Waals surface area contributed by atoms with Gasteiger partial charge in [-0.1, -0.05) is 6.92 Å². The molecule has 2 saturated carbocycles. The predicted molar refractivity (Wildman–Crippen MR) is 87.1 cm³/mol. The zero-order chi connectivity index (χ0) is 16.1. The Morgan fingerprint density at radius 1 is 1.17 bits per heavy atom. The number of aliphatic hydroxyl groups is 1. The van der Waals surface area contributed by atoms with Crippen LogP contribution in [0.4, 0.5) is 0 Å². The van der Waals surface area contributed by atoms with E-state index in [1.807, 2.05) is 6.92 Å². The van der Waals surface area contributed by atoms with E-state index in [0.717, 1.165) is 44.3 Å². The number of piperidine rings is 1. The Morgan fingerprint density at radius 3 is 2.48 bits per heavy atom. The van der Waals surface area contributed by atoms with Crippen molar-refractivity contribution in [1.82, 2.24) is 15.1 Å². The van der Waals surface area contributed by atoms with Gasteiger partial charge in [-0.05, 0) is 69.4 Å². The second-order valence-electron chi connectivity index (χ2n) is 8.46. The van der Waals surface area contributed by atoms with Crippen molar-refractivity contribution in [1.29, 1.82) is 0 Å². The SMILES string of the molecule is Cc1nnc(C2CC23CCN(CC2(O)CCC(C)CC2)CC3)o1. The highest BCUT2D eigenvalue weighted by molar-refractivity contribution is 5.17. The van der Waals surface area contributed by atoms with Crippen molar-refractivity contribution >= 4 is 0 Å². The van der Waals surface area contributed by atoms with Crippen molar-refractivity contribution in [3.63, 3.8) is 0 Å². The number of aryl methyl sites for hydroxylation is 1. The summed E-state index contributed by atoms with van der Waals surface area (Å²) in [5.41, 5.74) is -0.0390. The van der Waals surface area contributed by atoms with Crippen molar-refractivity contribution in [2.24, 2.45) is 11.3 Å². The molecule has 5 heteroatoms. The number of β-amino-alcohol motifs (C(OH)–C–C–N with tert-alkyl or cyclic N) is 1. The molecule has 1 unspecified atom stereocenters. The molecule has 3 aliphatic rings. The van der Waals surface area contributed by atoms with Crippen LogP contribution in [-0.2, 0) is 0 Å². The maximum absolute atomic E-state index is 10.8. The fraction of sp³-hybridized carbons (Fsp3) is 0.889. The third kappa shape index (κ3) is 3.05. The van der Waals surface area contributed by atoms with Gasteiger partial charge in [0.05, 0.1) is 5.60 Å². The van der Waals surface area contributed by atoms with Crippen LogP contribution in [0.15, 0.2) is 4.42 Å². The summed E-state index contributed by atoms with van der Waals surface area (Å²) in [5.74, 6) is 2.78. The molecule has 1 saturated heterocycles. The molecule has 1 aliphatic heterocycles. The van der Waals surface area contributed by atoms with Gasteiger partial charge in [-0.25, -0.2) is 0 Å². The summed E-state index contributed by atoms with van der Waals surface area (Å²) in [6.07, 6.45) is 7.89. The van der Waals surface area contributed by atoms with Gasteiger partial charge in [0.1, 0.15) is 0 Å². The second-order valence-corrected chi connectivity index (χ2v) is 8.46. The van der Waals surface area contributed by atoms with Crippen LogP contribution in [0.1, 0.15) is 69.6 Å². The van der Waals surface area contributed by atoms with Crippen LogP contribution >= 0.6 is 0 Å². The minimum absolute atomic E-state index is 0.402. The van der Waals surface area contributed by atoms with Crippen molar-refractivity contribution < 1.29 is 9.52 Å². The van der Waals surface area contributed by atoms with Gasteiger partial charge in [-0.15, -0.1) is 10.2 Å². The molecular formula is C18H29N3O2. The molecule has 1 spiro atoms. The lowest BCUT2D eigenvalue weighted by Gasteiger charge is -2.41. The highest BCUT2D eigenvalue weighted by Gasteiger charge is 2.58. The monoisotopic (exact) mass is 319 g/mol. The van der Waals surface area contributed by atoms with Gasteiger partial charge in [-0.2, -0.15) is 0 Å². The molecule has 0 amide bonds. The van der Waals surface area contributed by atoms with E-state index in [-0.39, 0.29) is 0 Å². The van der Waals surface area contributed by atoms with Crippen molar-refractivity contribution in [3.8, 4) is 0 Å². The third-order valence-electron chi connectivity index (χ3n) is 6.60. The molecule has 4 rings (SSSR count). The molecule has 1 N–H and O–H groups in total. The lowest BCUT2D eigenvalue weighted by atomic mass is 9.79. The number of hydrogen-bond acceptors (Lipinski definition) is 5. The summed E-state index contributed by atoms with van der Waals surface area (Å²) in [5, 5.41) is 19.0. The molecular weight excluding hydrogens is 290 g/mol. The van der Waals surface area contributed by atoms with Crippen LogP contribution in [-0.4, -0.2) is 45.4 Å². The molecule has 0 bridgehead atoms. The van der Waals surface area contributed by atoms with Crippen molar-refractivity contribution in [3.05, 3.63) is 11.8 Å². The minimum Gasteiger partial charge on any atom is -0.425 e. The number of hydrogen-bond donors (Lipinski definition) is 1. The van der Waals surface area contributed by atoms with Crippen LogP contribution in [0.25, 0.3) is 0 Å². The fourth-order valence-electron chi connectivity index (χ4n) is 4.73. The lowest BCUT2D eigenvalue weighted by molar-refractivity contribution is -0.0421. The van der Waals surface area contributed by atoms with Gasteiger partial charge in [-0.3, -0.25) is 0 Å². The Balaban J connectivity index is 1.30. The van der Waals surface area contributed by atoms with E-state index in [1.54, 1.807) is 0 Å².